The van der Waals surface area contributed by atoms with E-state index >= 15 is 0 Å². The molecule has 0 aliphatic rings. The number of rotatable bonds is 81. The summed E-state index contributed by atoms with van der Waals surface area (Å²) >= 11 is 0. The van der Waals surface area contributed by atoms with Crippen LogP contribution in [-0.2, 0) is 65.4 Å². The van der Waals surface area contributed by atoms with Crippen molar-refractivity contribution < 1.29 is 80.2 Å². The summed E-state index contributed by atoms with van der Waals surface area (Å²) in [7, 11) is -9.92. The summed E-state index contributed by atoms with van der Waals surface area (Å²) in [6, 6.07) is 0. The predicted octanol–water partition coefficient (Wildman–Crippen LogP) is 24.7. The molecule has 0 aliphatic carbocycles. The van der Waals surface area contributed by atoms with Crippen LogP contribution >= 0.6 is 15.6 Å². The number of hydrogen-bond acceptors (Lipinski definition) is 15. The van der Waals surface area contributed by atoms with Gasteiger partial charge in [-0.2, -0.15) is 0 Å². The van der Waals surface area contributed by atoms with Crippen LogP contribution in [0.4, 0.5) is 0 Å². The minimum Gasteiger partial charge on any atom is -0.462 e. The Hall–Kier alpha value is -1.94. The Labute approximate surface area is 619 Å². The smallest absolute Gasteiger partial charge is 0.462 e. The molecule has 5 atom stereocenters. The molecule has 19 heteroatoms. The number of unbranched alkanes of at least 4 members (excludes halogenated alkanes) is 51. The molecule has 0 spiro atoms. The number of hydrogen-bond donors (Lipinski definition) is 3. The summed E-state index contributed by atoms with van der Waals surface area (Å²) in [4.78, 5) is 73.1. The van der Waals surface area contributed by atoms with E-state index in [0.717, 1.165) is 102 Å². The molecule has 0 bridgehead atoms. The fourth-order valence-corrected chi connectivity index (χ4v) is 14.3. The quantitative estimate of drug-likeness (QED) is 0.0222. The lowest BCUT2D eigenvalue weighted by Crippen LogP contribution is -2.30. The van der Waals surface area contributed by atoms with Gasteiger partial charge in [-0.15, -0.1) is 0 Å². The molecule has 0 heterocycles. The maximum Gasteiger partial charge on any atom is 0.472 e. The van der Waals surface area contributed by atoms with Gasteiger partial charge in [-0.3, -0.25) is 37.3 Å². The molecule has 0 radical (unpaired) electrons. The first-order valence-corrected chi connectivity index (χ1v) is 45.5. The second-order valence-electron chi connectivity index (χ2n) is 30.5. The Bertz CT molecular complexity index is 1940. The largest absolute Gasteiger partial charge is 0.472 e. The van der Waals surface area contributed by atoms with Crippen LogP contribution in [-0.4, -0.2) is 96.7 Å². The van der Waals surface area contributed by atoms with Gasteiger partial charge in [0.2, 0.25) is 0 Å². The Balaban J connectivity index is 5.25. The van der Waals surface area contributed by atoms with E-state index in [9.17, 15) is 43.2 Å². The van der Waals surface area contributed by atoms with Crippen molar-refractivity contribution in [2.75, 3.05) is 39.6 Å². The van der Waals surface area contributed by atoms with Crippen LogP contribution in [0.2, 0.25) is 0 Å². The van der Waals surface area contributed by atoms with Gasteiger partial charge in [-0.1, -0.05) is 382 Å². The maximum absolute atomic E-state index is 13.1. The van der Waals surface area contributed by atoms with Gasteiger partial charge in [-0.05, 0) is 37.5 Å². The molecule has 0 aromatic carbocycles. The number of carbonyl (C=O) groups is 4. The van der Waals surface area contributed by atoms with Gasteiger partial charge in [0, 0.05) is 25.7 Å². The Morgan fingerprint density at radius 1 is 0.267 bits per heavy atom. The number of ether oxygens (including phenoxy) is 4. The van der Waals surface area contributed by atoms with E-state index in [2.05, 4.69) is 41.5 Å². The number of esters is 4. The van der Waals surface area contributed by atoms with Crippen molar-refractivity contribution in [2.24, 2.45) is 11.8 Å². The first-order valence-electron chi connectivity index (χ1n) is 42.5. The topological polar surface area (TPSA) is 237 Å². The number of phosphoric acid groups is 2. The molecule has 0 amide bonds. The minimum atomic E-state index is -4.96. The first kappa shape index (κ1) is 99.1. The Morgan fingerprint density at radius 2 is 0.455 bits per heavy atom. The predicted molar refractivity (Wildman–Crippen MR) is 414 cm³/mol. The van der Waals surface area contributed by atoms with Crippen molar-refractivity contribution >= 4 is 39.5 Å². The molecule has 0 rings (SSSR count). The van der Waals surface area contributed by atoms with Crippen LogP contribution < -0.4 is 0 Å². The van der Waals surface area contributed by atoms with Crippen molar-refractivity contribution in [1.82, 2.24) is 0 Å². The van der Waals surface area contributed by atoms with E-state index in [-0.39, 0.29) is 25.7 Å². The monoisotopic (exact) mass is 1480 g/mol. The van der Waals surface area contributed by atoms with Crippen molar-refractivity contribution in [3.63, 3.8) is 0 Å². The molecule has 600 valence electrons. The summed E-state index contributed by atoms with van der Waals surface area (Å²) in [6.07, 6.45) is 63.8. The van der Waals surface area contributed by atoms with Crippen LogP contribution in [0.3, 0.4) is 0 Å². The third kappa shape index (κ3) is 76.1. The average Bonchev–Trinajstić information content (AvgIpc) is 0.984. The molecule has 0 aromatic rings. The van der Waals surface area contributed by atoms with Gasteiger partial charge in [0.25, 0.3) is 0 Å². The summed E-state index contributed by atoms with van der Waals surface area (Å²) in [5.41, 5.74) is 0. The second kappa shape index (κ2) is 73.6. The number of aliphatic hydroxyl groups excluding tert-OH is 1. The lowest BCUT2D eigenvalue weighted by Gasteiger charge is -2.21. The van der Waals surface area contributed by atoms with Crippen molar-refractivity contribution in [1.29, 1.82) is 0 Å². The van der Waals surface area contributed by atoms with E-state index in [1.165, 1.54) is 250 Å². The standard InChI is InChI=1S/C82H160O17P2/c1-7-9-11-13-15-17-19-21-23-24-25-26-27-33-37-41-49-55-61-67-82(87)98-77(70-92-79(84)64-58-52-46-39-35-32-29-28-30-34-38-44-50-56-62-74(3)4)72-96-100(88,89)94-68-76(83)69-95-101(90,91)97-73-78(71-93-80(85)65-59-53-47-43-42-45-51-57-63-75(5)6)99-81(86)66-60-54-48-40-36-31-22-20-18-16-14-12-10-8-2/h74-78,83H,7-73H2,1-6H3,(H,88,89)(H,90,91)/t76-,77-,78-/m1/s1. The highest BCUT2D eigenvalue weighted by Gasteiger charge is 2.30. The van der Waals surface area contributed by atoms with Gasteiger partial charge in [0.1, 0.15) is 19.3 Å². The molecule has 0 aromatic heterocycles. The molecule has 0 fully saturated rings. The Morgan fingerprint density at radius 3 is 0.673 bits per heavy atom. The average molecular weight is 1480 g/mol. The number of carbonyl (C=O) groups excluding carboxylic acids is 4. The SMILES string of the molecule is CCCCCCCCCCCCCCCCCCCCCC(=O)O[C@H](COC(=O)CCCCCCCCCCCCCCCCC(C)C)COP(=O)(O)OC[C@@H](O)COP(=O)(O)OC[C@@H](COC(=O)CCCCCCCCCCC(C)C)OC(=O)CCCCCCCCCCCCCCCC. The highest BCUT2D eigenvalue weighted by atomic mass is 31.2. The third-order valence-electron chi connectivity index (χ3n) is 19.2. The van der Waals surface area contributed by atoms with E-state index in [1.54, 1.807) is 0 Å². The highest BCUT2D eigenvalue weighted by molar-refractivity contribution is 7.47. The zero-order valence-electron chi connectivity index (χ0n) is 66.2. The van der Waals surface area contributed by atoms with Crippen LogP contribution in [0, 0.1) is 11.8 Å². The summed E-state index contributed by atoms with van der Waals surface area (Å²) in [5.74, 6) is -0.581. The van der Waals surface area contributed by atoms with E-state index in [0.29, 0.717) is 25.7 Å². The van der Waals surface area contributed by atoms with Gasteiger partial charge in [0.15, 0.2) is 12.2 Å². The number of phosphoric ester groups is 2. The third-order valence-corrected chi connectivity index (χ3v) is 21.1. The zero-order valence-corrected chi connectivity index (χ0v) is 68.0. The molecule has 3 N–H and O–H groups in total. The molecule has 101 heavy (non-hydrogen) atoms. The summed E-state index contributed by atoms with van der Waals surface area (Å²) in [6.45, 7) is 9.64. The molecule has 2 unspecified atom stereocenters. The Kier molecular flexibility index (Phi) is 72.2. The zero-order chi connectivity index (χ0) is 74.2. The molecule has 17 nitrogen and oxygen atoms in total. The fourth-order valence-electron chi connectivity index (χ4n) is 12.7. The van der Waals surface area contributed by atoms with Crippen molar-refractivity contribution in [3.05, 3.63) is 0 Å². The van der Waals surface area contributed by atoms with Crippen molar-refractivity contribution in [3.8, 4) is 0 Å². The van der Waals surface area contributed by atoms with Gasteiger partial charge in [-0.25, -0.2) is 9.13 Å². The second-order valence-corrected chi connectivity index (χ2v) is 33.4. The summed E-state index contributed by atoms with van der Waals surface area (Å²) in [5, 5.41) is 10.7. The van der Waals surface area contributed by atoms with E-state index in [1.807, 2.05) is 0 Å². The fraction of sp³-hybridized carbons (Fsp3) is 0.951. The van der Waals surface area contributed by atoms with Crippen LogP contribution in [0.25, 0.3) is 0 Å². The molecular formula is C82H160O17P2. The maximum atomic E-state index is 13.1. The van der Waals surface area contributed by atoms with Gasteiger partial charge >= 0.3 is 39.5 Å². The van der Waals surface area contributed by atoms with Crippen LogP contribution in [0.5, 0.6) is 0 Å². The molecular weight excluding hydrogens is 1320 g/mol. The van der Waals surface area contributed by atoms with Gasteiger partial charge in [0.05, 0.1) is 26.4 Å². The minimum absolute atomic E-state index is 0.108. The first-order chi connectivity index (χ1) is 48.9. The van der Waals surface area contributed by atoms with Crippen LogP contribution in [0.15, 0.2) is 0 Å². The molecule has 0 saturated heterocycles. The lowest BCUT2D eigenvalue weighted by molar-refractivity contribution is -0.161. The molecule has 0 saturated carbocycles. The number of aliphatic hydroxyl groups is 1. The van der Waals surface area contributed by atoms with E-state index < -0.39 is 97.5 Å². The summed E-state index contributed by atoms with van der Waals surface area (Å²) < 4.78 is 68.8. The highest BCUT2D eigenvalue weighted by Crippen LogP contribution is 2.45. The molecule has 0 aliphatic heterocycles. The van der Waals surface area contributed by atoms with Gasteiger partial charge < -0.3 is 33.8 Å². The van der Waals surface area contributed by atoms with E-state index in [4.69, 9.17) is 37.0 Å². The van der Waals surface area contributed by atoms with Crippen LogP contribution in [0.1, 0.15) is 433 Å². The normalized spacial score (nSPS) is 13.9. The van der Waals surface area contributed by atoms with Crippen molar-refractivity contribution in [2.45, 2.75) is 452 Å². The lowest BCUT2D eigenvalue weighted by atomic mass is 10.0.